The second-order valence-electron chi connectivity index (χ2n) is 21.0. The van der Waals surface area contributed by atoms with E-state index in [4.69, 9.17) is 14.2 Å². The van der Waals surface area contributed by atoms with Gasteiger partial charge in [0.15, 0.2) is 0 Å². The highest BCUT2D eigenvalue weighted by Crippen LogP contribution is 2.22. The van der Waals surface area contributed by atoms with Crippen molar-refractivity contribution in [1.29, 1.82) is 0 Å². The fourth-order valence-corrected chi connectivity index (χ4v) is 9.79. The number of carbonyl (C=O) groups excluding carboxylic acids is 3. The summed E-state index contributed by atoms with van der Waals surface area (Å²) in [7, 11) is 0. The molecule has 0 aliphatic carbocycles. The largest absolute Gasteiger partial charge is 0.462 e. The van der Waals surface area contributed by atoms with Crippen LogP contribution in [-0.4, -0.2) is 37.7 Å². The summed E-state index contributed by atoms with van der Waals surface area (Å²) in [5, 5.41) is 0. The van der Waals surface area contributed by atoms with Crippen LogP contribution in [-0.2, 0) is 14.2 Å². The van der Waals surface area contributed by atoms with Gasteiger partial charge in [-0.3, -0.25) is 0 Å². The molecule has 0 amide bonds. The van der Waals surface area contributed by atoms with Crippen molar-refractivity contribution in [1.82, 2.24) is 0 Å². The lowest BCUT2D eigenvalue weighted by Gasteiger charge is -2.14. The van der Waals surface area contributed by atoms with Crippen LogP contribution >= 0.6 is 0 Å². The Kier molecular flexibility index (Phi) is 48.7. The summed E-state index contributed by atoms with van der Waals surface area (Å²) in [5.41, 5.74) is 0.142. The van der Waals surface area contributed by atoms with E-state index in [1.807, 2.05) is 0 Å². The molecule has 1 rings (SSSR count). The van der Waals surface area contributed by atoms with E-state index < -0.39 is 17.9 Å². The molecule has 0 N–H and O–H groups in total. The van der Waals surface area contributed by atoms with Gasteiger partial charge in [0, 0.05) is 0 Å². The molecule has 0 aromatic heterocycles. The Bertz CT molecular complexity index is 1210. The zero-order valence-electron chi connectivity index (χ0n) is 46.2. The zero-order chi connectivity index (χ0) is 49.8. The number of hydrogen-bond acceptors (Lipinski definition) is 6. The minimum absolute atomic E-state index is 0.0251. The molecule has 0 bridgehead atoms. The van der Waals surface area contributed by atoms with Gasteiger partial charge in [-0.1, -0.05) is 316 Å². The third-order valence-corrected chi connectivity index (χ3v) is 14.4. The summed E-state index contributed by atoms with van der Waals surface area (Å²) in [6, 6.07) is 4.80. The van der Waals surface area contributed by atoms with Crippen LogP contribution in [0.25, 0.3) is 0 Å². The van der Waals surface area contributed by atoms with Gasteiger partial charge < -0.3 is 14.2 Å². The van der Waals surface area contributed by atoms with Crippen LogP contribution in [0, 0.1) is 0 Å². The molecule has 0 unspecified atom stereocenters. The first kappa shape index (κ1) is 64.6. The van der Waals surface area contributed by atoms with Crippen LogP contribution in [0.4, 0.5) is 0 Å². The molecule has 0 aliphatic heterocycles. The molecule has 402 valence electrons. The van der Waals surface area contributed by atoms with Gasteiger partial charge in [0.05, 0.1) is 36.5 Å². The molecule has 1 aromatic rings. The Balaban J connectivity index is 2.47. The van der Waals surface area contributed by atoms with E-state index >= 15 is 0 Å². The van der Waals surface area contributed by atoms with Gasteiger partial charge in [-0.2, -0.15) is 0 Å². The fraction of sp³-hybridized carbons (Fsp3) is 0.857. The molecule has 0 heterocycles. The standard InChI is InChI=1S/C63H114O6/c1-4-7-10-13-16-19-22-25-28-31-34-37-40-43-46-49-55-67-61(64)58-53-52-54-59(62(65)68-56-50-47-44-41-38-35-32-29-26-23-20-17-14-11-8-5-2)60(58)63(66)69-57-51-48-45-42-39-36-33-30-27-24-21-18-15-12-9-6-3/h52-54H,4-51,55-57H2,1-3H3. The first-order chi connectivity index (χ1) is 34.1. The van der Waals surface area contributed by atoms with Crippen molar-refractivity contribution in [3.63, 3.8) is 0 Å². The Hall–Kier alpha value is -2.37. The molecule has 0 saturated heterocycles. The summed E-state index contributed by atoms with van der Waals surface area (Å²) in [5.74, 6) is -1.82. The van der Waals surface area contributed by atoms with E-state index in [2.05, 4.69) is 20.8 Å². The maximum absolute atomic E-state index is 13.7. The molecular formula is C63H114O6. The van der Waals surface area contributed by atoms with E-state index in [1.165, 1.54) is 250 Å². The third kappa shape index (κ3) is 40.9. The van der Waals surface area contributed by atoms with Crippen molar-refractivity contribution in [2.75, 3.05) is 19.8 Å². The minimum atomic E-state index is -0.653. The van der Waals surface area contributed by atoms with Gasteiger partial charge in [-0.15, -0.1) is 0 Å². The summed E-state index contributed by atoms with van der Waals surface area (Å²) >= 11 is 0. The highest BCUT2D eigenvalue weighted by Gasteiger charge is 2.27. The van der Waals surface area contributed by atoms with E-state index in [0.29, 0.717) is 13.2 Å². The molecule has 0 saturated carbocycles. The summed E-state index contributed by atoms with van der Waals surface area (Å²) in [6.45, 7) is 7.67. The van der Waals surface area contributed by atoms with Crippen LogP contribution in [0.3, 0.4) is 0 Å². The van der Waals surface area contributed by atoms with Crippen molar-refractivity contribution in [2.24, 2.45) is 0 Å². The van der Waals surface area contributed by atoms with Crippen LogP contribution < -0.4 is 0 Å². The number of esters is 3. The minimum Gasteiger partial charge on any atom is -0.462 e. The van der Waals surface area contributed by atoms with E-state index in [9.17, 15) is 14.4 Å². The van der Waals surface area contributed by atoms with Gasteiger partial charge in [-0.25, -0.2) is 14.4 Å². The SMILES string of the molecule is CCCCCCCCCCCCCCCCCCOC(=O)c1cccc(C(=O)OCCCCCCCCCCCCCCCCCC)c1C(=O)OCCCCCCCCCCCCCCCCCC. The fourth-order valence-electron chi connectivity index (χ4n) is 9.79. The number of carbonyl (C=O) groups is 3. The van der Waals surface area contributed by atoms with Crippen molar-refractivity contribution >= 4 is 17.9 Å². The van der Waals surface area contributed by atoms with Crippen molar-refractivity contribution in [3.8, 4) is 0 Å². The number of unbranched alkanes of at least 4 members (excludes halogenated alkanes) is 45. The summed E-state index contributed by atoms with van der Waals surface area (Å²) in [6.07, 6.45) is 61.4. The Labute approximate surface area is 428 Å². The molecule has 0 radical (unpaired) electrons. The smallest absolute Gasteiger partial charge is 0.339 e. The van der Waals surface area contributed by atoms with Crippen LogP contribution in [0.15, 0.2) is 18.2 Å². The molecule has 69 heavy (non-hydrogen) atoms. The van der Waals surface area contributed by atoms with Gasteiger partial charge in [0.2, 0.25) is 0 Å². The topological polar surface area (TPSA) is 78.9 Å². The summed E-state index contributed by atoms with van der Waals surface area (Å²) < 4.78 is 17.2. The second kappa shape index (κ2) is 52.0. The average Bonchev–Trinajstić information content (AvgIpc) is 3.36. The number of rotatable bonds is 54. The lowest BCUT2D eigenvalue weighted by Crippen LogP contribution is -2.20. The predicted octanol–water partition coefficient (Wildman–Crippen LogP) is 20.9. The molecule has 6 heteroatoms. The first-order valence-electron chi connectivity index (χ1n) is 30.7. The average molecular weight is 968 g/mol. The van der Waals surface area contributed by atoms with Crippen molar-refractivity contribution in [2.45, 2.75) is 329 Å². The third-order valence-electron chi connectivity index (χ3n) is 14.4. The number of benzene rings is 1. The molecule has 0 aliphatic rings. The lowest BCUT2D eigenvalue weighted by atomic mass is 10.0. The first-order valence-corrected chi connectivity index (χ1v) is 30.7. The number of hydrogen-bond donors (Lipinski definition) is 0. The summed E-state index contributed by atoms with van der Waals surface area (Å²) in [4.78, 5) is 40.6. The zero-order valence-corrected chi connectivity index (χ0v) is 46.2. The van der Waals surface area contributed by atoms with Gasteiger partial charge in [0.1, 0.15) is 0 Å². The highest BCUT2D eigenvalue weighted by atomic mass is 16.5. The van der Waals surface area contributed by atoms with E-state index in [0.717, 1.165) is 57.8 Å². The van der Waals surface area contributed by atoms with Gasteiger partial charge in [0.25, 0.3) is 0 Å². The quantitative estimate of drug-likeness (QED) is 0.0368. The molecule has 0 spiro atoms. The Morgan fingerprint density at radius 2 is 0.435 bits per heavy atom. The van der Waals surface area contributed by atoms with E-state index in [1.54, 1.807) is 18.2 Å². The van der Waals surface area contributed by atoms with Crippen LogP contribution in [0.1, 0.15) is 360 Å². The van der Waals surface area contributed by atoms with E-state index in [-0.39, 0.29) is 23.3 Å². The van der Waals surface area contributed by atoms with Crippen LogP contribution in [0.5, 0.6) is 0 Å². The monoisotopic (exact) mass is 967 g/mol. The second-order valence-corrected chi connectivity index (χ2v) is 21.0. The maximum Gasteiger partial charge on any atom is 0.339 e. The molecule has 1 aromatic carbocycles. The van der Waals surface area contributed by atoms with Gasteiger partial charge >= 0.3 is 17.9 Å². The van der Waals surface area contributed by atoms with Crippen molar-refractivity contribution < 1.29 is 28.6 Å². The Morgan fingerprint density at radius 3 is 0.638 bits per heavy atom. The van der Waals surface area contributed by atoms with Crippen molar-refractivity contribution in [3.05, 3.63) is 34.9 Å². The van der Waals surface area contributed by atoms with Gasteiger partial charge in [-0.05, 0) is 31.4 Å². The van der Waals surface area contributed by atoms with Crippen LogP contribution in [0.2, 0.25) is 0 Å². The maximum atomic E-state index is 13.7. The lowest BCUT2D eigenvalue weighted by molar-refractivity contribution is 0.0430. The molecule has 0 atom stereocenters. The normalized spacial score (nSPS) is 11.3. The molecule has 0 fully saturated rings. The predicted molar refractivity (Wildman–Crippen MR) is 296 cm³/mol. The Morgan fingerprint density at radius 1 is 0.261 bits per heavy atom. The highest BCUT2D eigenvalue weighted by molar-refractivity contribution is 6.10. The molecular weight excluding hydrogens is 853 g/mol. The molecule has 6 nitrogen and oxygen atoms in total. The number of ether oxygens (including phenoxy) is 3.